The predicted octanol–water partition coefficient (Wildman–Crippen LogP) is 3.02. The van der Waals surface area contributed by atoms with Gasteiger partial charge < -0.3 is 14.7 Å². The lowest BCUT2D eigenvalue weighted by atomic mass is 10.3. The van der Waals surface area contributed by atoms with Gasteiger partial charge in [0.05, 0.1) is 6.54 Å². The largest absolute Gasteiger partial charge is 0.483 e. The number of carbonyl (C=O) groups is 1. The Bertz CT molecular complexity index is 741. The summed E-state index contributed by atoms with van der Waals surface area (Å²) in [5, 5.41) is 19.3. The van der Waals surface area contributed by atoms with Crippen LogP contribution in [0.2, 0.25) is 0 Å². The van der Waals surface area contributed by atoms with E-state index in [4.69, 9.17) is 4.74 Å². The zero-order chi connectivity index (χ0) is 17.3. The van der Waals surface area contributed by atoms with E-state index in [-0.39, 0.29) is 18.7 Å². The Balaban J connectivity index is 1.79. The molecule has 1 aliphatic rings. The first-order valence-corrected chi connectivity index (χ1v) is 9.08. The van der Waals surface area contributed by atoms with Gasteiger partial charge in [0.2, 0.25) is 5.13 Å². The second-order valence-electron chi connectivity index (χ2n) is 5.41. The van der Waals surface area contributed by atoms with Crippen molar-refractivity contribution in [1.82, 2.24) is 15.1 Å². The molecule has 24 heavy (non-hydrogen) atoms. The maximum absolute atomic E-state index is 12.1. The van der Waals surface area contributed by atoms with E-state index >= 15 is 0 Å². The number of anilines is 1. The third-order valence-corrected chi connectivity index (χ3v) is 5.13. The molecule has 7 nitrogen and oxygen atoms in total. The number of rotatable bonds is 5. The maximum Gasteiger partial charge on any atom is 0.328 e. The van der Waals surface area contributed by atoms with E-state index in [0.717, 1.165) is 10.2 Å². The monoisotopic (exact) mass is 412 g/mol. The van der Waals surface area contributed by atoms with E-state index in [1.165, 1.54) is 21.1 Å². The summed E-state index contributed by atoms with van der Waals surface area (Å²) in [6, 6.07) is 7.29. The van der Waals surface area contributed by atoms with Crippen molar-refractivity contribution in [2.45, 2.75) is 25.7 Å². The molecule has 1 aromatic carbocycles. The van der Waals surface area contributed by atoms with Gasteiger partial charge in [-0.1, -0.05) is 40.3 Å². The number of hydrogen-bond acceptors (Lipinski definition) is 6. The van der Waals surface area contributed by atoms with Gasteiger partial charge >= 0.3 is 6.03 Å². The summed E-state index contributed by atoms with van der Waals surface area (Å²) in [7, 11) is 1.64. The maximum atomic E-state index is 12.1. The van der Waals surface area contributed by atoms with Crippen LogP contribution < -0.4 is 9.64 Å². The third-order valence-electron chi connectivity index (χ3n) is 3.62. The molecule has 0 bridgehead atoms. The molecule has 0 radical (unpaired) electrons. The van der Waals surface area contributed by atoms with Crippen LogP contribution in [0.25, 0.3) is 0 Å². The SMILES string of the molecule is CCC(Oc1cccc(Br)c1)c1nnc(N2C(=O)N(C)CC2O)s1. The number of ether oxygens (including phenoxy) is 1. The fourth-order valence-electron chi connectivity index (χ4n) is 2.39. The number of likely N-dealkylation sites (N-methyl/N-ethyl adjacent to an activating group) is 1. The van der Waals surface area contributed by atoms with Gasteiger partial charge in [-0.2, -0.15) is 0 Å². The molecular formula is C15H17BrN4O3S. The molecule has 0 saturated carbocycles. The van der Waals surface area contributed by atoms with Crippen LogP contribution in [0, 0.1) is 0 Å². The summed E-state index contributed by atoms with van der Waals surface area (Å²) in [5.74, 6) is 0.727. The van der Waals surface area contributed by atoms with Crippen molar-refractivity contribution >= 4 is 38.4 Å². The molecule has 128 valence electrons. The third kappa shape index (κ3) is 3.38. The summed E-state index contributed by atoms with van der Waals surface area (Å²) >= 11 is 4.67. The highest BCUT2D eigenvalue weighted by Crippen LogP contribution is 2.33. The number of halogens is 1. The van der Waals surface area contributed by atoms with Crippen molar-refractivity contribution in [2.75, 3.05) is 18.5 Å². The van der Waals surface area contributed by atoms with Crippen molar-refractivity contribution < 1.29 is 14.6 Å². The van der Waals surface area contributed by atoms with E-state index in [1.54, 1.807) is 7.05 Å². The first-order valence-electron chi connectivity index (χ1n) is 7.47. The number of nitrogens with zero attached hydrogens (tertiary/aromatic N) is 4. The zero-order valence-corrected chi connectivity index (χ0v) is 15.6. The first-order chi connectivity index (χ1) is 11.5. The molecule has 2 aromatic rings. The van der Waals surface area contributed by atoms with Gasteiger partial charge in [0.1, 0.15) is 5.75 Å². The number of benzene rings is 1. The number of aliphatic hydroxyl groups is 1. The van der Waals surface area contributed by atoms with Crippen LogP contribution in [0.4, 0.5) is 9.93 Å². The van der Waals surface area contributed by atoms with Crippen molar-refractivity contribution in [3.05, 3.63) is 33.7 Å². The first kappa shape index (κ1) is 17.1. The molecule has 2 unspecified atom stereocenters. The van der Waals surface area contributed by atoms with E-state index in [1.807, 2.05) is 31.2 Å². The van der Waals surface area contributed by atoms with Gasteiger partial charge in [0.15, 0.2) is 17.3 Å². The van der Waals surface area contributed by atoms with Gasteiger partial charge in [-0.05, 0) is 24.6 Å². The molecule has 3 rings (SSSR count). The van der Waals surface area contributed by atoms with Crippen LogP contribution in [0.1, 0.15) is 24.5 Å². The van der Waals surface area contributed by atoms with Gasteiger partial charge in [-0.25, -0.2) is 9.69 Å². The fourth-order valence-corrected chi connectivity index (χ4v) is 3.77. The standard InChI is InChI=1S/C15H17BrN4O3S/c1-3-11(23-10-6-4-5-9(16)7-10)13-17-18-14(24-13)20-12(21)8-19(2)15(20)22/h4-7,11-12,21H,3,8H2,1-2H3. The highest BCUT2D eigenvalue weighted by atomic mass is 79.9. The summed E-state index contributed by atoms with van der Waals surface area (Å²) < 4.78 is 6.91. The average molecular weight is 413 g/mol. The number of carbonyl (C=O) groups excluding carboxylic acids is 1. The van der Waals surface area contributed by atoms with Crippen molar-refractivity contribution in [1.29, 1.82) is 0 Å². The molecule has 1 aliphatic heterocycles. The summed E-state index contributed by atoms with van der Waals surface area (Å²) in [6.07, 6.45) is -0.468. The molecule has 2 heterocycles. The Hall–Kier alpha value is -1.71. The van der Waals surface area contributed by atoms with Crippen LogP contribution in [0.5, 0.6) is 5.75 Å². The lowest BCUT2D eigenvalue weighted by molar-refractivity contribution is 0.183. The molecule has 1 aromatic heterocycles. The highest BCUT2D eigenvalue weighted by molar-refractivity contribution is 9.10. The van der Waals surface area contributed by atoms with Crippen LogP contribution in [0.3, 0.4) is 0 Å². The number of β-amino-alcohol motifs (C(OH)–C–C–N with tert-alkyl or cyclic N) is 1. The molecule has 1 N–H and O–H groups in total. The number of aliphatic hydroxyl groups excluding tert-OH is 1. The van der Waals surface area contributed by atoms with Gasteiger partial charge in [-0.3, -0.25) is 0 Å². The summed E-state index contributed by atoms with van der Waals surface area (Å²) in [6.45, 7) is 2.24. The molecule has 9 heteroatoms. The van der Waals surface area contributed by atoms with Crippen LogP contribution >= 0.6 is 27.3 Å². The Morgan fingerprint density at radius 1 is 1.50 bits per heavy atom. The predicted molar refractivity (Wildman–Crippen MR) is 94.2 cm³/mol. The topological polar surface area (TPSA) is 78.8 Å². The van der Waals surface area contributed by atoms with E-state index in [0.29, 0.717) is 16.6 Å². The quantitative estimate of drug-likeness (QED) is 0.816. The summed E-state index contributed by atoms with van der Waals surface area (Å²) in [4.78, 5) is 14.8. The minimum Gasteiger partial charge on any atom is -0.483 e. The van der Waals surface area contributed by atoms with E-state index < -0.39 is 6.23 Å². The lowest BCUT2D eigenvalue weighted by Gasteiger charge is -2.16. The molecule has 1 saturated heterocycles. The minimum absolute atomic E-state index is 0.249. The second kappa shape index (κ2) is 7.04. The highest BCUT2D eigenvalue weighted by Gasteiger charge is 2.37. The molecular weight excluding hydrogens is 396 g/mol. The lowest BCUT2D eigenvalue weighted by Crippen LogP contribution is -2.34. The number of amides is 2. The van der Waals surface area contributed by atoms with Gasteiger partial charge in [-0.15, -0.1) is 10.2 Å². The number of aromatic nitrogens is 2. The number of hydrogen-bond donors (Lipinski definition) is 1. The normalized spacial score (nSPS) is 19.0. The van der Waals surface area contributed by atoms with Crippen LogP contribution in [0.15, 0.2) is 28.7 Å². The Morgan fingerprint density at radius 2 is 2.29 bits per heavy atom. The van der Waals surface area contributed by atoms with E-state index in [2.05, 4.69) is 26.1 Å². The van der Waals surface area contributed by atoms with E-state index in [9.17, 15) is 9.90 Å². The summed E-state index contributed by atoms with van der Waals surface area (Å²) in [5.41, 5.74) is 0. The van der Waals surface area contributed by atoms with Crippen molar-refractivity contribution in [3.8, 4) is 5.75 Å². The molecule has 2 atom stereocenters. The second-order valence-corrected chi connectivity index (χ2v) is 7.31. The number of urea groups is 1. The Labute approximate surface area is 152 Å². The Morgan fingerprint density at radius 3 is 2.92 bits per heavy atom. The molecule has 1 fully saturated rings. The minimum atomic E-state index is -0.908. The van der Waals surface area contributed by atoms with Crippen molar-refractivity contribution in [2.24, 2.45) is 0 Å². The van der Waals surface area contributed by atoms with Gasteiger partial charge in [0, 0.05) is 11.5 Å². The van der Waals surface area contributed by atoms with Crippen molar-refractivity contribution in [3.63, 3.8) is 0 Å². The zero-order valence-electron chi connectivity index (χ0n) is 13.2. The average Bonchev–Trinajstić information content (AvgIpc) is 3.10. The fraction of sp³-hybridized carbons (Fsp3) is 0.400. The van der Waals surface area contributed by atoms with Gasteiger partial charge in [0.25, 0.3) is 0 Å². The smallest absolute Gasteiger partial charge is 0.328 e. The molecule has 0 aliphatic carbocycles. The van der Waals surface area contributed by atoms with Crippen LogP contribution in [-0.2, 0) is 0 Å². The van der Waals surface area contributed by atoms with Crippen LogP contribution in [-0.4, -0.2) is 46.1 Å². The molecule has 2 amide bonds. The molecule has 0 spiro atoms. The Kier molecular flexibility index (Phi) is 5.02.